The molecule has 1 unspecified atom stereocenters. The Bertz CT molecular complexity index is 472. The number of hydrogen-bond donors (Lipinski definition) is 1. The summed E-state index contributed by atoms with van der Waals surface area (Å²) in [6, 6.07) is 7.99. The fourth-order valence-electron chi connectivity index (χ4n) is 2.53. The molecule has 1 saturated heterocycles. The molecule has 1 atom stereocenters. The van der Waals surface area contributed by atoms with Crippen molar-refractivity contribution in [2.75, 3.05) is 19.6 Å². The van der Waals surface area contributed by atoms with Crippen LogP contribution in [-0.2, 0) is 5.60 Å². The van der Waals surface area contributed by atoms with Crippen LogP contribution in [0.25, 0.3) is 0 Å². The molecule has 2 rings (SSSR count). The Labute approximate surface area is 123 Å². The van der Waals surface area contributed by atoms with Gasteiger partial charge in [-0.25, -0.2) is 0 Å². The lowest BCUT2D eigenvalue weighted by Crippen LogP contribution is -2.31. The van der Waals surface area contributed by atoms with Gasteiger partial charge in [0, 0.05) is 24.1 Å². The van der Waals surface area contributed by atoms with E-state index < -0.39 is 5.60 Å². The highest BCUT2D eigenvalue weighted by Crippen LogP contribution is 2.33. The van der Waals surface area contributed by atoms with Crippen molar-refractivity contribution in [3.8, 4) is 0 Å². The molecular formula is C16H20BrNO. The van der Waals surface area contributed by atoms with E-state index in [4.69, 9.17) is 0 Å². The van der Waals surface area contributed by atoms with Gasteiger partial charge in [-0.1, -0.05) is 52.9 Å². The first-order valence-electron chi connectivity index (χ1n) is 6.62. The molecule has 1 aliphatic rings. The Kier molecular flexibility index (Phi) is 4.97. The molecule has 0 aromatic heterocycles. The van der Waals surface area contributed by atoms with Crippen molar-refractivity contribution < 1.29 is 5.11 Å². The molecule has 1 aliphatic heterocycles. The molecule has 1 heterocycles. The third-order valence-electron chi connectivity index (χ3n) is 3.57. The number of nitrogens with zero attached hydrogens (tertiary/aromatic N) is 1. The van der Waals surface area contributed by atoms with Crippen molar-refractivity contribution in [1.82, 2.24) is 4.90 Å². The van der Waals surface area contributed by atoms with E-state index in [1.54, 1.807) is 6.08 Å². The second-order valence-corrected chi connectivity index (χ2v) is 5.94. The van der Waals surface area contributed by atoms with Crippen LogP contribution >= 0.6 is 15.9 Å². The maximum Gasteiger partial charge on any atom is 0.103 e. The van der Waals surface area contributed by atoms with Crippen LogP contribution in [0.2, 0.25) is 0 Å². The smallest absolute Gasteiger partial charge is 0.103 e. The standard InChI is InChI=1S/C16H20BrNO/c1-2-3-4-5-10-18-11-9-16(19,13-18)14-7-6-8-15(17)12-14/h2-4,6-8,12,19H,1,5,9-11,13H2/b4-3+. The molecule has 0 radical (unpaired) electrons. The summed E-state index contributed by atoms with van der Waals surface area (Å²) in [6.07, 6.45) is 7.68. The molecule has 1 N–H and O–H groups in total. The zero-order valence-corrected chi connectivity index (χ0v) is 12.6. The predicted octanol–water partition coefficient (Wildman–Crippen LogP) is 3.47. The van der Waals surface area contributed by atoms with Crippen molar-refractivity contribution in [2.45, 2.75) is 18.4 Å². The van der Waals surface area contributed by atoms with Crippen molar-refractivity contribution in [1.29, 1.82) is 0 Å². The molecule has 0 amide bonds. The average molecular weight is 322 g/mol. The minimum Gasteiger partial charge on any atom is -0.384 e. The van der Waals surface area contributed by atoms with Gasteiger partial charge in [0.25, 0.3) is 0 Å². The summed E-state index contributed by atoms with van der Waals surface area (Å²) in [5.41, 5.74) is 0.303. The van der Waals surface area contributed by atoms with Gasteiger partial charge in [-0.3, -0.25) is 4.90 Å². The van der Waals surface area contributed by atoms with E-state index in [9.17, 15) is 5.11 Å². The largest absolute Gasteiger partial charge is 0.384 e. The van der Waals surface area contributed by atoms with Gasteiger partial charge in [0.05, 0.1) is 0 Å². The van der Waals surface area contributed by atoms with Crippen molar-refractivity contribution >= 4 is 15.9 Å². The van der Waals surface area contributed by atoms with E-state index in [2.05, 4.69) is 33.5 Å². The molecule has 1 aromatic rings. The monoisotopic (exact) mass is 321 g/mol. The Morgan fingerprint density at radius 2 is 2.32 bits per heavy atom. The summed E-state index contributed by atoms with van der Waals surface area (Å²) in [5, 5.41) is 10.8. The van der Waals surface area contributed by atoms with Crippen molar-refractivity contribution in [3.63, 3.8) is 0 Å². The summed E-state index contributed by atoms with van der Waals surface area (Å²) < 4.78 is 1.02. The third-order valence-corrected chi connectivity index (χ3v) is 4.07. The zero-order chi connectivity index (χ0) is 13.7. The summed E-state index contributed by atoms with van der Waals surface area (Å²) in [4.78, 5) is 2.31. The molecule has 1 fully saturated rings. The van der Waals surface area contributed by atoms with E-state index in [-0.39, 0.29) is 0 Å². The van der Waals surface area contributed by atoms with Gasteiger partial charge in [0.1, 0.15) is 5.60 Å². The minimum atomic E-state index is -0.702. The van der Waals surface area contributed by atoms with Crippen LogP contribution in [0.4, 0.5) is 0 Å². The van der Waals surface area contributed by atoms with Crippen LogP contribution in [0.3, 0.4) is 0 Å². The molecule has 1 aromatic carbocycles. The molecule has 0 saturated carbocycles. The topological polar surface area (TPSA) is 23.5 Å². The van der Waals surface area contributed by atoms with Crippen LogP contribution in [0, 0.1) is 0 Å². The number of β-amino-alcohol motifs (C(OH)–C–C–N with tert-alkyl or cyclic N) is 1. The minimum absolute atomic E-state index is 0.702. The average Bonchev–Trinajstić information content (AvgIpc) is 2.78. The number of benzene rings is 1. The lowest BCUT2D eigenvalue weighted by Gasteiger charge is -2.24. The summed E-state index contributed by atoms with van der Waals surface area (Å²) in [6.45, 7) is 6.31. The normalized spacial score (nSPS) is 24.1. The number of likely N-dealkylation sites (tertiary alicyclic amines) is 1. The van der Waals surface area contributed by atoms with Crippen LogP contribution < -0.4 is 0 Å². The molecule has 19 heavy (non-hydrogen) atoms. The number of aliphatic hydroxyl groups is 1. The first-order chi connectivity index (χ1) is 9.14. The van der Waals surface area contributed by atoms with E-state index in [0.29, 0.717) is 6.54 Å². The van der Waals surface area contributed by atoms with Gasteiger partial charge in [-0.15, -0.1) is 0 Å². The third kappa shape index (κ3) is 3.78. The molecule has 0 aliphatic carbocycles. The Hall–Kier alpha value is -0.900. The molecular weight excluding hydrogens is 302 g/mol. The zero-order valence-electron chi connectivity index (χ0n) is 11.1. The van der Waals surface area contributed by atoms with E-state index in [1.807, 2.05) is 30.3 Å². The Balaban J connectivity index is 1.96. The number of rotatable bonds is 5. The van der Waals surface area contributed by atoms with Gasteiger partial charge in [0.15, 0.2) is 0 Å². The second kappa shape index (κ2) is 6.51. The molecule has 0 bridgehead atoms. The lowest BCUT2D eigenvalue weighted by molar-refractivity contribution is 0.0463. The van der Waals surface area contributed by atoms with Crippen molar-refractivity contribution in [2.24, 2.45) is 0 Å². The first kappa shape index (κ1) is 14.5. The summed E-state index contributed by atoms with van der Waals surface area (Å²) >= 11 is 3.46. The van der Waals surface area contributed by atoms with E-state index in [0.717, 1.165) is 36.0 Å². The highest BCUT2D eigenvalue weighted by molar-refractivity contribution is 9.10. The van der Waals surface area contributed by atoms with Gasteiger partial charge in [0.2, 0.25) is 0 Å². The fraction of sp³-hybridized carbons (Fsp3) is 0.375. The molecule has 2 nitrogen and oxygen atoms in total. The Morgan fingerprint density at radius 1 is 1.47 bits per heavy atom. The predicted molar refractivity (Wildman–Crippen MR) is 83.0 cm³/mol. The maximum atomic E-state index is 10.8. The molecule has 102 valence electrons. The first-order valence-corrected chi connectivity index (χ1v) is 7.42. The second-order valence-electron chi connectivity index (χ2n) is 5.02. The number of hydrogen-bond acceptors (Lipinski definition) is 2. The highest BCUT2D eigenvalue weighted by atomic mass is 79.9. The van der Waals surface area contributed by atoms with Crippen LogP contribution in [0.15, 0.2) is 53.5 Å². The lowest BCUT2D eigenvalue weighted by atomic mass is 9.93. The van der Waals surface area contributed by atoms with Gasteiger partial charge in [-0.2, -0.15) is 0 Å². The molecule has 0 spiro atoms. The van der Waals surface area contributed by atoms with E-state index >= 15 is 0 Å². The van der Waals surface area contributed by atoms with Gasteiger partial charge in [-0.05, 0) is 30.5 Å². The highest BCUT2D eigenvalue weighted by Gasteiger charge is 2.37. The molecule has 3 heteroatoms. The van der Waals surface area contributed by atoms with Gasteiger partial charge < -0.3 is 5.11 Å². The van der Waals surface area contributed by atoms with Crippen LogP contribution in [0.1, 0.15) is 18.4 Å². The SMILES string of the molecule is C=C/C=C/CCN1CCC(O)(c2cccc(Br)c2)C1. The Morgan fingerprint density at radius 3 is 3.05 bits per heavy atom. The van der Waals surface area contributed by atoms with Gasteiger partial charge >= 0.3 is 0 Å². The van der Waals surface area contributed by atoms with E-state index in [1.165, 1.54) is 0 Å². The van der Waals surface area contributed by atoms with Crippen LogP contribution in [-0.4, -0.2) is 29.6 Å². The quantitative estimate of drug-likeness (QED) is 0.839. The van der Waals surface area contributed by atoms with Crippen molar-refractivity contribution in [3.05, 3.63) is 59.1 Å². The van der Waals surface area contributed by atoms with Crippen LogP contribution in [0.5, 0.6) is 0 Å². The fourth-order valence-corrected chi connectivity index (χ4v) is 2.92. The number of halogens is 1. The summed E-state index contributed by atoms with van der Waals surface area (Å²) in [5.74, 6) is 0. The maximum absolute atomic E-state index is 10.8. The summed E-state index contributed by atoms with van der Waals surface area (Å²) in [7, 11) is 0. The number of allylic oxidation sites excluding steroid dienone is 2.